The van der Waals surface area contributed by atoms with Crippen molar-refractivity contribution in [1.29, 1.82) is 0 Å². The number of fused-ring (bicyclic) bond motifs is 1. The highest BCUT2D eigenvalue weighted by atomic mass is 35.5. The molecular formula is C21H28ClN9O. The molecule has 170 valence electrons. The first kappa shape index (κ1) is 22.1. The van der Waals surface area contributed by atoms with Crippen molar-refractivity contribution in [2.45, 2.75) is 39.8 Å². The number of aromatic amines is 1. The van der Waals surface area contributed by atoms with Crippen LogP contribution in [0.15, 0.2) is 25.0 Å². The van der Waals surface area contributed by atoms with Crippen molar-refractivity contribution in [3.63, 3.8) is 0 Å². The Labute approximate surface area is 191 Å². The van der Waals surface area contributed by atoms with E-state index in [9.17, 15) is 4.79 Å². The number of amides is 1. The number of rotatable bonds is 7. The molecule has 0 aromatic carbocycles. The zero-order chi connectivity index (χ0) is 22.8. The summed E-state index contributed by atoms with van der Waals surface area (Å²) in [6.07, 6.45) is 5.89. The van der Waals surface area contributed by atoms with Gasteiger partial charge in [0.25, 0.3) is 0 Å². The third-order valence-corrected chi connectivity index (χ3v) is 5.86. The monoisotopic (exact) mass is 457 g/mol. The third-order valence-electron chi connectivity index (χ3n) is 5.58. The summed E-state index contributed by atoms with van der Waals surface area (Å²) in [5.74, 6) is 1.72. The highest BCUT2D eigenvalue weighted by Gasteiger charge is 2.29. The molecule has 3 aromatic heterocycles. The second-order valence-electron chi connectivity index (χ2n) is 8.61. The van der Waals surface area contributed by atoms with Crippen LogP contribution in [0.3, 0.4) is 0 Å². The highest BCUT2D eigenvalue weighted by Crippen LogP contribution is 2.30. The summed E-state index contributed by atoms with van der Waals surface area (Å²) in [7, 11) is 0. The van der Waals surface area contributed by atoms with Gasteiger partial charge < -0.3 is 15.5 Å². The summed E-state index contributed by atoms with van der Waals surface area (Å²) in [6, 6.07) is -0.00152. The lowest BCUT2D eigenvalue weighted by atomic mass is 9.93. The fourth-order valence-corrected chi connectivity index (χ4v) is 4.07. The van der Waals surface area contributed by atoms with Crippen molar-refractivity contribution in [2.75, 3.05) is 23.7 Å². The number of anilines is 3. The van der Waals surface area contributed by atoms with Gasteiger partial charge in [-0.2, -0.15) is 20.2 Å². The Balaban J connectivity index is 1.60. The molecule has 3 N–H and O–H groups in total. The standard InChI is InChI=1S/C21H28ClN9O/c1-5-16(32)30-7-6-13(4)15(11-30)25-19-17-18(22)28-29-20(17)27-21(26-19)24-14-8-23-31(10-14)9-12(2)3/h5,8,10,12-13,15H,1,6-7,9,11H2,2-4H3,(H3,24,25,26,27,28,29)/t13-,15+/m1/s1. The molecule has 0 spiro atoms. The van der Waals surface area contributed by atoms with E-state index in [2.05, 4.69) is 63.2 Å². The molecule has 11 heteroatoms. The normalized spacial score (nSPS) is 18.8. The first-order valence-electron chi connectivity index (χ1n) is 10.7. The smallest absolute Gasteiger partial charge is 0.246 e. The van der Waals surface area contributed by atoms with Gasteiger partial charge in [0, 0.05) is 31.9 Å². The average molecular weight is 458 g/mol. The maximum atomic E-state index is 12.1. The number of likely N-dealkylation sites (tertiary alicyclic amines) is 1. The molecule has 0 radical (unpaired) electrons. The molecule has 0 aliphatic carbocycles. The van der Waals surface area contributed by atoms with Crippen LogP contribution in [0.5, 0.6) is 0 Å². The molecule has 0 bridgehead atoms. The van der Waals surface area contributed by atoms with Gasteiger partial charge in [-0.05, 0) is 24.3 Å². The van der Waals surface area contributed by atoms with E-state index in [0.717, 1.165) is 18.7 Å². The number of H-pyrrole nitrogens is 1. The van der Waals surface area contributed by atoms with E-state index in [1.165, 1.54) is 6.08 Å². The van der Waals surface area contributed by atoms with E-state index in [4.69, 9.17) is 11.6 Å². The lowest BCUT2D eigenvalue weighted by Crippen LogP contribution is -2.48. The number of hydrogen-bond donors (Lipinski definition) is 3. The molecule has 3 aromatic rings. The van der Waals surface area contributed by atoms with Crippen LogP contribution in [0.25, 0.3) is 11.0 Å². The fraction of sp³-hybridized carbons (Fsp3) is 0.476. The van der Waals surface area contributed by atoms with Gasteiger partial charge in [0.15, 0.2) is 10.8 Å². The summed E-state index contributed by atoms with van der Waals surface area (Å²) < 4.78 is 1.88. The van der Waals surface area contributed by atoms with Crippen LogP contribution >= 0.6 is 11.6 Å². The molecule has 1 amide bonds. The van der Waals surface area contributed by atoms with Gasteiger partial charge >= 0.3 is 0 Å². The zero-order valence-corrected chi connectivity index (χ0v) is 19.2. The summed E-state index contributed by atoms with van der Waals surface area (Å²) in [4.78, 5) is 23.1. The topological polar surface area (TPSA) is 117 Å². The SMILES string of the molecule is C=CC(=O)N1CC[C@@H](C)[C@@H](Nc2nc(Nc3cnn(CC(C)C)c3)nc3[nH]nc(Cl)c23)C1. The second-order valence-corrected chi connectivity index (χ2v) is 8.97. The molecular weight excluding hydrogens is 430 g/mol. The number of hydrogen-bond acceptors (Lipinski definition) is 7. The lowest BCUT2D eigenvalue weighted by molar-refractivity contribution is -0.127. The number of aromatic nitrogens is 6. The van der Waals surface area contributed by atoms with Crippen LogP contribution in [0, 0.1) is 11.8 Å². The molecule has 1 fully saturated rings. The summed E-state index contributed by atoms with van der Waals surface area (Å²) in [6.45, 7) is 12.1. The van der Waals surface area contributed by atoms with Crippen molar-refractivity contribution >= 4 is 46.0 Å². The molecule has 0 unspecified atom stereocenters. The van der Waals surface area contributed by atoms with Crippen molar-refractivity contribution in [1.82, 2.24) is 34.8 Å². The Hall–Kier alpha value is -3.14. The minimum atomic E-state index is -0.0707. The maximum absolute atomic E-state index is 12.1. The van der Waals surface area contributed by atoms with Crippen molar-refractivity contribution in [2.24, 2.45) is 11.8 Å². The number of nitrogens with one attached hydrogen (secondary N) is 3. The van der Waals surface area contributed by atoms with Gasteiger partial charge in [0.2, 0.25) is 11.9 Å². The van der Waals surface area contributed by atoms with Crippen LogP contribution < -0.4 is 10.6 Å². The molecule has 1 saturated heterocycles. The number of carbonyl (C=O) groups excluding carboxylic acids is 1. The molecule has 10 nitrogen and oxygen atoms in total. The van der Waals surface area contributed by atoms with Gasteiger partial charge in [0.1, 0.15) is 11.2 Å². The Morgan fingerprint density at radius 1 is 1.44 bits per heavy atom. The Kier molecular flexibility index (Phi) is 6.31. The van der Waals surface area contributed by atoms with E-state index in [1.807, 2.05) is 10.9 Å². The first-order valence-corrected chi connectivity index (χ1v) is 11.1. The van der Waals surface area contributed by atoms with Crippen molar-refractivity contribution < 1.29 is 4.79 Å². The summed E-state index contributed by atoms with van der Waals surface area (Å²) in [5, 5.41) is 18.9. The van der Waals surface area contributed by atoms with Crippen LogP contribution in [-0.2, 0) is 11.3 Å². The Bertz CT molecular complexity index is 1120. The van der Waals surface area contributed by atoms with Crippen molar-refractivity contribution in [3.8, 4) is 0 Å². The van der Waals surface area contributed by atoms with Crippen molar-refractivity contribution in [3.05, 3.63) is 30.2 Å². The fourth-order valence-electron chi connectivity index (χ4n) is 3.85. The molecule has 1 aliphatic heterocycles. The van der Waals surface area contributed by atoms with E-state index in [1.54, 1.807) is 11.1 Å². The molecule has 1 aliphatic rings. The molecule has 0 saturated carbocycles. The molecule has 2 atom stereocenters. The predicted octanol–water partition coefficient (Wildman–Crippen LogP) is 3.44. The van der Waals surface area contributed by atoms with Crippen LogP contribution in [-0.4, -0.2) is 59.9 Å². The van der Waals surface area contributed by atoms with Gasteiger partial charge in [-0.15, -0.1) is 0 Å². The number of nitrogens with zero attached hydrogens (tertiary/aromatic N) is 6. The number of piperidine rings is 1. The van der Waals surface area contributed by atoms with Crippen LogP contribution in [0.1, 0.15) is 27.2 Å². The number of carbonyl (C=O) groups is 1. The molecule has 4 heterocycles. The molecule has 32 heavy (non-hydrogen) atoms. The minimum absolute atomic E-state index is 0.00152. The van der Waals surface area contributed by atoms with E-state index >= 15 is 0 Å². The Morgan fingerprint density at radius 2 is 2.25 bits per heavy atom. The number of halogens is 1. The lowest BCUT2D eigenvalue weighted by Gasteiger charge is -2.37. The Morgan fingerprint density at radius 3 is 3.00 bits per heavy atom. The van der Waals surface area contributed by atoms with Gasteiger partial charge in [-0.3, -0.25) is 14.6 Å². The van der Waals surface area contributed by atoms with E-state index in [-0.39, 0.29) is 11.9 Å². The van der Waals surface area contributed by atoms with Crippen LogP contribution in [0.2, 0.25) is 5.15 Å². The summed E-state index contributed by atoms with van der Waals surface area (Å²) >= 11 is 6.32. The average Bonchev–Trinajstić information content (AvgIpc) is 3.34. The minimum Gasteiger partial charge on any atom is -0.364 e. The molecule has 4 rings (SSSR count). The summed E-state index contributed by atoms with van der Waals surface area (Å²) in [5.41, 5.74) is 1.31. The largest absolute Gasteiger partial charge is 0.364 e. The predicted molar refractivity (Wildman–Crippen MR) is 125 cm³/mol. The van der Waals surface area contributed by atoms with E-state index < -0.39 is 0 Å². The highest BCUT2D eigenvalue weighted by molar-refractivity contribution is 6.35. The zero-order valence-electron chi connectivity index (χ0n) is 18.5. The van der Waals surface area contributed by atoms with Gasteiger partial charge in [-0.1, -0.05) is 39.0 Å². The maximum Gasteiger partial charge on any atom is 0.246 e. The first-order chi connectivity index (χ1) is 15.3. The third kappa shape index (κ3) is 4.69. The van der Waals surface area contributed by atoms with E-state index in [0.29, 0.717) is 52.9 Å². The van der Waals surface area contributed by atoms with Gasteiger partial charge in [0.05, 0.1) is 11.9 Å². The van der Waals surface area contributed by atoms with Crippen LogP contribution in [0.4, 0.5) is 17.5 Å². The van der Waals surface area contributed by atoms with Gasteiger partial charge in [-0.25, -0.2) is 0 Å². The quantitative estimate of drug-likeness (QED) is 0.465. The second kappa shape index (κ2) is 9.15.